The molecule has 0 saturated carbocycles. The Labute approximate surface area is 156 Å². The maximum absolute atomic E-state index is 12.0. The molecule has 0 spiro atoms. The number of rotatable bonds is 4. The third-order valence-electron chi connectivity index (χ3n) is 4.65. The van der Waals surface area contributed by atoms with Gasteiger partial charge in [0.15, 0.2) is 5.15 Å². The number of nitrogens with one attached hydrogen (secondary N) is 3. The van der Waals surface area contributed by atoms with Crippen molar-refractivity contribution in [3.63, 3.8) is 0 Å². The van der Waals surface area contributed by atoms with E-state index in [0.29, 0.717) is 15.9 Å². The van der Waals surface area contributed by atoms with Gasteiger partial charge in [-0.3, -0.25) is 10.1 Å². The van der Waals surface area contributed by atoms with E-state index in [2.05, 4.69) is 37.9 Å². The summed E-state index contributed by atoms with van der Waals surface area (Å²) in [6.45, 7) is 3.45. The van der Waals surface area contributed by atoms with E-state index >= 15 is 0 Å². The summed E-state index contributed by atoms with van der Waals surface area (Å²) in [5, 5.41) is 14.8. The molecule has 1 atom stereocenters. The Morgan fingerprint density at radius 2 is 1.96 bits per heavy atom. The first-order chi connectivity index (χ1) is 12.7. The molecule has 1 aromatic heterocycles. The van der Waals surface area contributed by atoms with Crippen LogP contribution in [0.4, 0.5) is 5.69 Å². The predicted octanol–water partition coefficient (Wildman–Crippen LogP) is 2.10. The molecule has 134 valence electrons. The molecular formula is C19H20ClN5O. The molecule has 1 fully saturated rings. The molecule has 4 rings (SSSR count). The summed E-state index contributed by atoms with van der Waals surface area (Å²) < 4.78 is 0. The maximum atomic E-state index is 12.0. The van der Waals surface area contributed by atoms with Gasteiger partial charge in [0.1, 0.15) is 0 Å². The van der Waals surface area contributed by atoms with E-state index in [1.54, 1.807) is 0 Å². The van der Waals surface area contributed by atoms with Crippen molar-refractivity contribution in [1.29, 1.82) is 0 Å². The molecule has 3 aromatic rings. The lowest BCUT2D eigenvalue weighted by molar-refractivity contribution is 0.400. The van der Waals surface area contributed by atoms with Crippen LogP contribution in [0.3, 0.4) is 0 Å². The summed E-state index contributed by atoms with van der Waals surface area (Å²) in [5.41, 5.74) is 1.98. The number of aromatic amines is 1. The average molecular weight is 370 g/mol. The Hall–Kier alpha value is -2.41. The molecule has 26 heavy (non-hydrogen) atoms. The van der Waals surface area contributed by atoms with Crippen LogP contribution in [0.15, 0.2) is 53.3 Å². The quantitative estimate of drug-likeness (QED) is 0.657. The van der Waals surface area contributed by atoms with Gasteiger partial charge in [-0.2, -0.15) is 5.10 Å². The lowest BCUT2D eigenvalue weighted by atomic mass is 10.1. The predicted molar refractivity (Wildman–Crippen MR) is 105 cm³/mol. The van der Waals surface area contributed by atoms with Gasteiger partial charge in [0, 0.05) is 37.3 Å². The second kappa shape index (κ2) is 7.45. The SMILES string of the molecule is O=c1[nH]nc(Cl)c2cc(N(Cc3ccccc3)C3CNCCN3)ccc12. The molecule has 0 amide bonds. The third-order valence-corrected chi connectivity index (χ3v) is 4.94. The number of benzene rings is 2. The van der Waals surface area contributed by atoms with Crippen LogP contribution in [-0.4, -0.2) is 36.0 Å². The maximum Gasteiger partial charge on any atom is 0.272 e. The molecule has 6 nitrogen and oxygen atoms in total. The van der Waals surface area contributed by atoms with Crippen molar-refractivity contribution >= 4 is 28.1 Å². The Kier molecular flexibility index (Phi) is 4.88. The number of fused-ring (bicyclic) bond motifs is 1. The van der Waals surface area contributed by atoms with Gasteiger partial charge < -0.3 is 10.2 Å². The number of hydrogen-bond donors (Lipinski definition) is 3. The highest BCUT2D eigenvalue weighted by Crippen LogP contribution is 2.26. The number of anilines is 1. The van der Waals surface area contributed by atoms with E-state index in [0.717, 1.165) is 31.9 Å². The van der Waals surface area contributed by atoms with Crippen LogP contribution in [0.5, 0.6) is 0 Å². The lowest BCUT2D eigenvalue weighted by Gasteiger charge is -2.37. The first-order valence-corrected chi connectivity index (χ1v) is 9.03. The Balaban J connectivity index is 1.76. The lowest BCUT2D eigenvalue weighted by Crippen LogP contribution is -2.57. The minimum atomic E-state index is -0.233. The van der Waals surface area contributed by atoms with Crippen LogP contribution in [0.25, 0.3) is 10.8 Å². The highest BCUT2D eigenvalue weighted by atomic mass is 35.5. The molecule has 2 heterocycles. The second-order valence-corrected chi connectivity index (χ2v) is 6.72. The minimum Gasteiger partial charge on any atom is -0.350 e. The van der Waals surface area contributed by atoms with Crippen LogP contribution in [0.2, 0.25) is 5.15 Å². The van der Waals surface area contributed by atoms with E-state index in [1.807, 2.05) is 36.4 Å². The highest BCUT2D eigenvalue weighted by molar-refractivity contribution is 6.34. The number of hydrogen-bond acceptors (Lipinski definition) is 5. The van der Waals surface area contributed by atoms with Gasteiger partial charge >= 0.3 is 0 Å². The van der Waals surface area contributed by atoms with Crippen molar-refractivity contribution in [1.82, 2.24) is 20.8 Å². The molecule has 1 saturated heterocycles. The number of H-pyrrole nitrogens is 1. The topological polar surface area (TPSA) is 73.0 Å². The fraction of sp³-hybridized carbons (Fsp3) is 0.263. The summed E-state index contributed by atoms with van der Waals surface area (Å²) in [5.74, 6) is 0. The van der Waals surface area contributed by atoms with Crippen LogP contribution < -0.4 is 21.1 Å². The van der Waals surface area contributed by atoms with Crippen molar-refractivity contribution < 1.29 is 0 Å². The smallest absolute Gasteiger partial charge is 0.272 e. The molecule has 0 radical (unpaired) electrons. The van der Waals surface area contributed by atoms with E-state index in [-0.39, 0.29) is 11.7 Å². The monoisotopic (exact) mass is 369 g/mol. The molecular weight excluding hydrogens is 350 g/mol. The zero-order chi connectivity index (χ0) is 17.9. The van der Waals surface area contributed by atoms with Gasteiger partial charge in [0.2, 0.25) is 0 Å². The first kappa shape index (κ1) is 17.0. The first-order valence-electron chi connectivity index (χ1n) is 8.65. The normalized spacial score (nSPS) is 17.3. The average Bonchev–Trinajstić information content (AvgIpc) is 2.70. The zero-order valence-electron chi connectivity index (χ0n) is 14.2. The standard InChI is InChI=1S/C19H20ClN5O/c20-18-16-10-14(6-7-15(16)19(26)24-23-18)25(17-11-21-8-9-22-17)12-13-4-2-1-3-5-13/h1-7,10,17,21-22H,8-9,11-12H2,(H,24,26). The van der Waals surface area contributed by atoms with Gasteiger partial charge in [-0.25, -0.2) is 5.10 Å². The van der Waals surface area contributed by atoms with Crippen molar-refractivity contribution in [3.8, 4) is 0 Å². The van der Waals surface area contributed by atoms with E-state index in [9.17, 15) is 4.79 Å². The number of nitrogens with zero attached hydrogens (tertiary/aromatic N) is 2. The van der Waals surface area contributed by atoms with Crippen molar-refractivity contribution in [2.24, 2.45) is 0 Å². The van der Waals surface area contributed by atoms with E-state index in [1.165, 1.54) is 5.56 Å². The Morgan fingerprint density at radius 1 is 1.12 bits per heavy atom. The molecule has 0 bridgehead atoms. The summed E-state index contributed by atoms with van der Waals surface area (Å²) in [6, 6.07) is 16.0. The fourth-order valence-electron chi connectivity index (χ4n) is 3.32. The highest BCUT2D eigenvalue weighted by Gasteiger charge is 2.22. The van der Waals surface area contributed by atoms with Crippen molar-refractivity contribution in [3.05, 3.63) is 69.6 Å². The number of halogens is 1. The van der Waals surface area contributed by atoms with Gasteiger partial charge in [0.05, 0.1) is 11.6 Å². The van der Waals surface area contributed by atoms with Crippen LogP contribution in [-0.2, 0) is 6.54 Å². The number of aromatic nitrogens is 2. The summed E-state index contributed by atoms with van der Waals surface area (Å²) in [7, 11) is 0. The molecule has 1 aliphatic heterocycles. The Morgan fingerprint density at radius 3 is 2.73 bits per heavy atom. The minimum absolute atomic E-state index is 0.148. The summed E-state index contributed by atoms with van der Waals surface area (Å²) in [6.07, 6.45) is 0.148. The van der Waals surface area contributed by atoms with Crippen LogP contribution in [0.1, 0.15) is 5.56 Å². The van der Waals surface area contributed by atoms with Gasteiger partial charge in [-0.15, -0.1) is 0 Å². The van der Waals surface area contributed by atoms with Gasteiger partial charge in [0.25, 0.3) is 5.56 Å². The molecule has 1 aliphatic rings. The molecule has 3 N–H and O–H groups in total. The second-order valence-electron chi connectivity index (χ2n) is 6.36. The van der Waals surface area contributed by atoms with Gasteiger partial charge in [-0.1, -0.05) is 41.9 Å². The Bertz CT molecular complexity index is 953. The van der Waals surface area contributed by atoms with Crippen molar-refractivity contribution in [2.45, 2.75) is 12.7 Å². The largest absolute Gasteiger partial charge is 0.350 e. The van der Waals surface area contributed by atoms with E-state index in [4.69, 9.17) is 11.6 Å². The van der Waals surface area contributed by atoms with Crippen LogP contribution in [0, 0.1) is 0 Å². The molecule has 7 heteroatoms. The third kappa shape index (κ3) is 3.44. The molecule has 2 aromatic carbocycles. The molecule has 1 unspecified atom stereocenters. The summed E-state index contributed by atoms with van der Waals surface area (Å²) in [4.78, 5) is 14.3. The fourth-order valence-corrected chi connectivity index (χ4v) is 3.52. The van der Waals surface area contributed by atoms with Gasteiger partial charge in [-0.05, 0) is 23.8 Å². The van der Waals surface area contributed by atoms with Crippen molar-refractivity contribution in [2.75, 3.05) is 24.5 Å². The summed E-state index contributed by atoms with van der Waals surface area (Å²) >= 11 is 6.22. The number of piperazine rings is 1. The zero-order valence-corrected chi connectivity index (χ0v) is 15.0. The van der Waals surface area contributed by atoms with Crippen LogP contribution >= 0.6 is 11.6 Å². The van der Waals surface area contributed by atoms with E-state index < -0.39 is 0 Å². The molecule has 0 aliphatic carbocycles.